The minimum atomic E-state index is -0.262. The van der Waals surface area contributed by atoms with Crippen LogP contribution in [-0.4, -0.2) is 7.11 Å². The number of hydrogen-bond acceptors (Lipinski definition) is 2. The molecule has 4 heteroatoms. The third-order valence-corrected chi connectivity index (χ3v) is 3.70. The molecule has 0 unspecified atom stereocenters. The van der Waals surface area contributed by atoms with Crippen molar-refractivity contribution in [2.45, 2.75) is 13.2 Å². The van der Waals surface area contributed by atoms with E-state index in [0.29, 0.717) is 12.4 Å². The molecule has 0 radical (unpaired) electrons. The van der Waals surface area contributed by atoms with Crippen LogP contribution >= 0.6 is 0 Å². The Hall–Kier alpha value is -2.88. The topological polar surface area (TPSA) is 22.3 Å². The molecule has 0 atom stereocenters. The number of hydrogen-bond donors (Lipinski definition) is 0. The average molecular weight is 324 g/mol. The van der Waals surface area contributed by atoms with E-state index in [2.05, 4.69) is 16.7 Å². The first-order chi connectivity index (χ1) is 11.7. The summed E-state index contributed by atoms with van der Waals surface area (Å²) in [4.78, 5) is 0. The molecule has 122 valence electrons. The molecule has 0 saturated carbocycles. The van der Waals surface area contributed by atoms with Gasteiger partial charge in [-0.3, -0.25) is 0 Å². The van der Waals surface area contributed by atoms with Crippen LogP contribution in [0.25, 0.3) is 0 Å². The van der Waals surface area contributed by atoms with Gasteiger partial charge in [0.15, 0.2) is 18.9 Å². The highest BCUT2D eigenvalue weighted by atomic mass is 19.1. The van der Waals surface area contributed by atoms with Gasteiger partial charge in [-0.2, -0.15) is 0 Å². The summed E-state index contributed by atoms with van der Waals surface area (Å²) in [7, 11) is 1.66. The van der Waals surface area contributed by atoms with E-state index in [0.717, 1.165) is 17.9 Å². The Labute approximate surface area is 140 Å². The van der Waals surface area contributed by atoms with E-state index in [4.69, 9.17) is 9.47 Å². The number of rotatable bonds is 6. The van der Waals surface area contributed by atoms with Gasteiger partial charge in [0.25, 0.3) is 0 Å². The predicted octanol–water partition coefficient (Wildman–Crippen LogP) is 3.75. The molecule has 0 amide bonds. The van der Waals surface area contributed by atoms with E-state index in [9.17, 15) is 4.39 Å². The summed E-state index contributed by atoms with van der Waals surface area (Å²) in [6, 6.07) is 18.1. The molecule has 1 heterocycles. The lowest BCUT2D eigenvalue weighted by Gasteiger charge is -2.06. The van der Waals surface area contributed by atoms with Crippen molar-refractivity contribution in [2.75, 3.05) is 7.11 Å². The molecule has 0 bridgehead atoms. The van der Waals surface area contributed by atoms with Crippen molar-refractivity contribution in [3.63, 3.8) is 0 Å². The van der Waals surface area contributed by atoms with Crippen LogP contribution in [-0.2, 0) is 13.2 Å². The summed E-state index contributed by atoms with van der Waals surface area (Å²) in [6.07, 6.45) is 4.04. The smallest absolute Gasteiger partial charge is 0.173 e. The van der Waals surface area contributed by atoms with Crippen LogP contribution in [0.4, 0.5) is 4.39 Å². The average Bonchev–Trinajstić information content (AvgIpc) is 2.63. The van der Waals surface area contributed by atoms with Crippen LogP contribution in [0.3, 0.4) is 0 Å². The molecule has 0 fully saturated rings. The lowest BCUT2D eigenvalue weighted by atomic mass is 10.2. The number of methoxy groups -OCH3 is 1. The molecular weight excluding hydrogens is 305 g/mol. The van der Waals surface area contributed by atoms with E-state index >= 15 is 0 Å². The Morgan fingerprint density at radius 3 is 2.04 bits per heavy atom. The van der Waals surface area contributed by atoms with Crippen molar-refractivity contribution >= 4 is 0 Å². The van der Waals surface area contributed by atoms with Crippen molar-refractivity contribution in [1.82, 2.24) is 0 Å². The van der Waals surface area contributed by atoms with Crippen LogP contribution in [0.2, 0.25) is 0 Å². The first-order valence-corrected chi connectivity index (χ1v) is 7.72. The number of halogens is 1. The van der Waals surface area contributed by atoms with Crippen molar-refractivity contribution in [3.05, 3.63) is 90.0 Å². The van der Waals surface area contributed by atoms with Crippen LogP contribution in [0.15, 0.2) is 73.1 Å². The molecular formula is C20H19FNO2+. The Kier molecular flexibility index (Phi) is 5.06. The lowest BCUT2D eigenvalue weighted by molar-refractivity contribution is -0.688. The highest BCUT2D eigenvalue weighted by molar-refractivity contribution is 5.26. The zero-order chi connectivity index (χ0) is 16.8. The van der Waals surface area contributed by atoms with Gasteiger partial charge >= 0.3 is 0 Å². The van der Waals surface area contributed by atoms with Gasteiger partial charge in [0.05, 0.1) is 7.11 Å². The van der Waals surface area contributed by atoms with Crippen molar-refractivity contribution in [1.29, 1.82) is 0 Å². The quantitative estimate of drug-likeness (QED) is 0.644. The summed E-state index contributed by atoms with van der Waals surface area (Å²) in [6.45, 7) is 1.25. The normalized spacial score (nSPS) is 10.4. The van der Waals surface area contributed by atoms with Gasteiger partial charge < -0.3 is 9.47 Å². The SMILES string of the molecule is COc1ccc(C[n+]2ccc(COc3ccc(F)cc3)cc2)cc1. The van der Waals surface area contributed by atoms with Gasteiger partial charge in [0.1, 0.15) is 23.9 Å². The zero-order valence-corrected chi connectivity index (χ0v) is 13.5. The molecule has 1 aromatic heterocycles. The van der Waals surface area contributed by atoms with Crippen LogP contribution in [0.1, 0.15) is 11.1 Å². The molecule has 24 heavy (non-hydrogen) atoms. The molecule has 3 aromatic rings. The van der Waals surface area contributed by atoms with Gasteiger partial charge in [-0.05, 0) is 48.5 Å². The van der Waals surface area contributed by atoms with Crippen LogP contribution in [0.5, 0.6) is 11.5 Å². The summed E-state index contributed by atoms with van der Waals surface area (Å²) >= 11 is 0. The summed E-state index contributed by atoms with van der Waals surface area (Å²) in [5.74, 6) is 1.25. The fourth-order valence-electron chi connectivity index (χ4n) is 2.33. The van der Waals surface area contributed by atoms with Crippen LogP contribution in [0, 0.1) is 5.82 Å². The molecule has 0 spiro atoms. The second-order valence-corrected chi connectivity index (χ2v) is 5.47. The van der Waals surface area contributed by atoms with E-state index in [-0.39, 0.29) is 5.82 Å². The highest BCUT2D eigenvalue weighted by Crippen LogP contribution is 2.13. The number of aromatic nitrogens is 1. The number of ether oxygens (including phenoxy) is 2. The minimum absolute atomic E-state index is 0.262. The maximum Gasteiger partial charge on any atom is 0.173 e. The summed E-state index contributed by atoms with van der Waals surface area (Å²) in [5, 5.41) is 0. The Balaban J connectivity index is 1.57. The fraction of sp³-hybridized carbons (Fsp3) is 0.150. The molecule has 3 rings (SSSR count). The van der Waals surface area contributed by atoms with Crippen molar-refractivity contribution < 1.29 is 18.4 Å². The van der Waals surface area contributed by atoms with E-state index in [1.54, 1.807) is 19.2 Å². The van der Waals surface area contributed by atoms with Crippen molar-refractivity contribution in [2.24, 2.45) is 0 Å². The highest BCUT2D eigenvalue weighted by Gasteiger charge is 2.04. The van der Waals surface area contributed by atoms with E-state index < -0.39 is 0 Å². The van der Waals surface area contributed by atoms with Gasteiger partial charge in [-0.1, -0.05) is 0 Å². The first kappa shape index (κ1) is 16.0. The largest absolute Gasteiger partial charge is 0.497 e. The molecule has 2 aromatic carbocycles. The second-order valence-electron chi connectivity index (χ2n) is 5.47. The van der Waals surface area contributed by atoms with Gasteiger partial charge in [-0.25, -0.2) is 8.96 Å². The summed E-state index contributed by atoms with van der Waals surface area (Å²) in [5.41, 5.74) is 2.27. The monoisotopic (exact) mass is 324 g/mol. The standard InChI is InChI=1S/C20H19FNO2/c1-23-19-6-2-16(3-7-19)14-22-12-10-17(11-13-22)15-24-20-8-4-18(21)5-9-20/h2-13H,14-15H2,1H3/q+1. The maximum absolute atomic E-state index is 12.9. The molecule has 0 saturated heterocycles. The van der Waals surface area contributed by atoms with E-state index in [1.165, 1.54) is 17.7 Å². The third-order valence-electron chi connectivity index (χ3n) is 3.70. The molecule has 3 nitrogen and oxygen atoms in total. The van der Waals surface area contributed by atoms with Gasteiger partial charge in [0, 0.05) is 23.3 Å². The third kappa shape index (κ3) is 4.32. The molecule has 0 N–H and O–H groups in total. The molecule has 0 aliphatic carbocycles. The Bertz CT molecular complexity index is 768. The lowest BCUT2D eigenvalue weighted by Crippen LogP contribution is -2.33. The van der Waals surface area contributed by atoms with Crippen molar-refractivity contribution in [3.8, 4) is 11.5 Å². The van der Waals surface area contributed by atoms with E-state index in [1.807, 2.05) is 36.7 Å². The second kappa shape index (κ2) is 7.59. The van der Waals surface area contributed by atoms with Gasteiger partial charge in [0.2, 0.25) is 0 Å². The molecule has 0 aliphatic heterocycles. The van der Waals surface area contributed by atoms with Gasteiger partial charge in [-0.15, -0.1) is 0 Å². The fourth-order valence-corrected chi connectivity index (χ4v) is 2.33. The maximum atomic E-state index is 12.9. The number of nitrogens with zero attached hydrogens (tertiary/aromatic N) is 1. The minimum Gasteiger partial charge on any atom is -0.497 e. The Morgan fingerprint density at radius 1 is 0.792 bits per heavy atom. The Morgan fingerprint density at radius 2 is 1.42 bits per heavy atom. The van der Waals surface area contributed by atoms with Crippen LogP contribution < -0.4 is 14.0 Å². The summed E-state index contributed by atoms with van der Waals surface area (Å²) < 4.78 is 25.8. The predicted molar refractivity (Wildman–Crippen MR) is 89.5 cm³/mol. The number of benzene rings is 2. The zero-order valence-electron chi connectivity index (χ0n) is 13.5. The first-order valence-electron chi connectivity index (χ1n) is 7.72. The number of pyridine rings is 1. The molecule has 0 aliphatic rings.